The first-order valence-corrected chi connectivity index (χ1v) is 4.55. The molecule has 0 aliphatic rings. The minimum absolute atomic E-state index is 0.774. The van der Waals surface area contributed by atoms with E-state index < -0.39 is 12.0 Å². The molecule has 0 amide bonds. The number of carbonyl (C=O) groups is 1. The van der Waals surface area contributed by atoms with E-state index in [1.165, 1.54) is 0 Å². The molecule has 76 valence electrons. The number of carboxylic acids is 1. The van der Waals surface area contributed by atoms with E-state index in [1.807, 2.05) is 32.9 Å². The van der Waals surface area contributed by atoms with E-state index in [4.69, 9.17) is 0 Å². The van der Waals surface area contributed by atoms with Gasteiger partial charge in [-0.15, -0.1) is 0 Å². The molecular formula is C11H15NO2. The van der Waals surface area contributed by atoms with Crippen LogP contribution in [0.15, 0.2) is 12.1 Å². The SMILES string of the molecule is Cc1cc(C)c([C@@H]([NH3+])C(=O)[O-])c(C)c1. The van der Waals surface area contributed by atoms with Crippen LogP contribution in [0.25, 0.3) is 0 Å². The van der Waals surface area contributed by atoms with E-state index in [-0.39, 0.29) is 0 Å². The maximum atomic E-state index is 10.7. The fourth-order valence-electron chi connectivity index (χ4n) is 1.86. The molecule has 0 aliphatic heterocycles. The van der Waals surface area contributed by atoms with E-state index in [9.17, 15) is 9.90 Å². The third kappa shape index (κ3) is 1.93. The van der Waals surface area contributed by atoms with Crippen LogP contribution < -0.4 is 10.8 Å². The topological polar surface area (TPSA) is 67.8 Å². The third-order valence-corrected chi connectivity index (χ3v) is 2.37. The lowest BCUT2D eigenvalue weighted by molar-refractivity contribution is -0.443. The van der Waals surface area contributed by atoms with Crippen LogP contribution in [0.3, 0.4) is 0 Å². The second kappa shape index (κ2) is 3.80. The van der Waals surface area contributed by atoms with Crippen LogP contribution in [0.5, 0.6) is 0 Å². The predicted octanol–water partition coefficient (Wildman–Crippen LogP) is -0.355. The molecule has 3 nitrogen and oxygen atoms in total. The highest BCUT2D eigenvalue weighted by atomic mass is 16.4. The summed E-state index contributed by atoms with van der Waals surface area (Å²) in [4.78, 5) is 10.7. The van der Waals surface area contributed by atoms with Crippen LogP contribution in [0.2, 0.25) is 0 Å². The Morgan fingerprint density at radius 2 is 1.71 bits per heavy atom. The van der Waals surface area contributed by atoms with Gasteiger partial charge in [0.1, 0.15) is 5.97 Å². The maximum Gasteiger partial charge on any atom is 0.151 e. The van der Waals surface area contributed by atoms with Crippen molar-refractivity contribution in [3.63, 3.8) is 0 Å². The number of hydrogen-bond acceptors (Lipinski definition) is 2. The van der Waals surface area contributed by atoms with Gasteiger partial charge in [-0.2, -0.15) is 0 Å². The highest BCUT2D eigenvalue weighted by Gasteiger charge is 2.16. The summed E-state index contributed by atoms with van der Waals surface area (Å²) < 4.78 is 0. The summed E-state index contributed by atoms with van der Waals surface area (Å²) in [5.74, 6) is -1.12. The molecule has 0 spiro atoms. The Hall–Kier alpha value is -1.35. The summed E-state index contributed by atoms with van der Waals surface area (Å²) >= 11 is 0. The van der Waals surface area contributed by atoms with Crippen LogP contribution in [0.1, 0.15) is 28.3 Å². The zero-order valence-electron chi connectivity index (χ0n) is 8.76. The molecule has 0 fully saturated rings. The Morgan fingerprint density at radius 1 is 1.29 bits per heavy atom. The van der Waals surface area contributed by atoms with Crippen LogP contribution in [0.4, 0.5) is 0 Å². The van der Waals surface area contributed by atoms with E-state index in [0.717, 1.165) is 22.3 Å². The monoisotopic (exact) mass is 193 g/mol. The summed E-state index contributed by atoms with van der Waals surface area (Å²) in [5.41, 5.74) is 7.43. The summed E-state index contributed by atoms with van der Waals surface area (Å²) in [5, 5.41) is 10.7. The molecule has 0 radical (unpaired) electrons. The van der Waals surface area contributed by atoms with Crippen molar-refractivity contribution in [2.75, 3.05) is 0 Å². The van der Waals surface area contributed by atoms with Crippen LogP contribution in [-0.2, 0) is 4.79 Å². The standard InChI is InChI=1S/C11H15NO2/c1-6-4-7(2)9(8(3)5-6)10(12)11(13)14/h4-5,10H,12H2,1-3H3,(H,13,14)/t10-/m1/s1. The van der Waals surface area contributed by atoms with E-state index in [1.54, 1.807) is 0 Å². The summed E-state index contributed by atoms with van der Waals surface area (Å²) in [6, 6.07) is 3.14. The first-order valence-electron chi connectivity index (χ1n) is 4.55. The quantitative estimate of drug-likeness (QED) is 0.697. The highest BCUT2D eigenvalue weighted by molar-refractivity contribution is 5.72. The Balaban J connectivity index is 3.27. The predicted molar refractivity (Wildman–Crippen MR) is 51.3 cm³/mol. The van der Waals surface area contributed by atoms with E-state index in [2.05, 4.69) is 5.73 Å². The van der Waals surface area contributed by atoms with Gasteiger partial charge in [-0.3, -0.25) is 0 Å². The smallest absolute Gasteiger partial charge is 0.151 e. The van der Waals surface area contributed by atoms with Crippen molar-refractivity contribution in [3.8, 4) is 0 Å². The minimum Gasteiger partial charge on any atom is -0.544 e. The number of quaternary nitrogens is 1. The number of carboxylic acid groups (broad SMARTS) is 1. The Labute approximate surface area is 83.6 Å². The molecule has 1 aromatic rings. The number of aryl methyl sites for hydroxylation is 3. The first kappa shape index (κ1) is 10.7. The normalized spacial score (nSPS) is 12.6. The lowest BCUT2D eigenvalue weighted by Crippen LogP contribution is -2.61. The summed E-state index contributed by atoms with van der Waals surface area (Å²) in [6.45, 7) is 5.79. The molecule has 3 heteroatoms. The second-order valence-electron chi connectivity index (χ2n) is 3.68. The average molecular weight is 193 g/mol. The van der Waals surface area contributed by atoms with Crippen molar-refractivity contribution >= 4 is 5.97 Å². The molecule has 1 atom stereocenters. The molecule has 0 aromatic heterocycles. The average Bonchev–Trinajstić information content (AvgIpc) is 2.01. The Morgan fingerprint density at radius 3 is 2.07 bits per heavy atom. The molecule has 1 rings (SSSR count). The van der Waals surface area contributed by atoms with Crippen molar-refractivity contribution in [2.45, 2.75) is 26.8 Å². The van der Waals surface area contributed by atoms with Gasteiger partial charge in [-0.1, -0.05) is 17.7 Å². The molecule has 1 aromatic carbocycles. The van der Waals surface area contributed by atoms with Gasteiger partial charge in [-0.05, 0) is 31.9 Å². The fourth-order valence-corrected chi connectivity index (χ4v) is 1.86. The van der Waals surface area contributed by atoms with E-state index >= 15 is 0 Å². The Kier molecular flexibility index (Phi) is 2.91. The first-order chi connectivity index (χ1) is 6.43. The zero-order valence-corrected chi connectivity index (χ0v) is 8.76. The van der Waals surface area contributed by atoms with Gasteiger partial charge in [0.15, 0.2) is 6.04 Å². The molecule has 3 N–H and O–H groups in total. The molecule has 0 bridgehead atoms. The summed E-state index contributed by atoms with van der Waals surface area (Å²) in [7, 11) is 0. The van der Waals surface area contributed by atoms with Crippen LogP contribution >= 0.6 is 0 Å². The van der Waals surface area contributed by atoms with Crippen LogP contribution in [-0.4, -0.2) is 5.97 Å². The Bertz CT molecular complexity index is 349. The van der Waals surface area contributed by atoms with Gasteiger partial charge in [0.05, 0.1) is 0 Å². The molecule has 0 heterocycles. The van der Waals surface area contributed by atoms with E-state index in [0.29, 0.717) is 0 Å². The van der Waals surface area contributed by atoms with Crippen molar-refractivity contribution in [1.29, 1.82) is 0 Å². The molecule has 0 aliphatic carbocycles. The van der Waals surface area contributed by atoms with Gasteiger partial charge < -0.3 is 15.6 Å². The summed E-state index contributed by atoms with van der Waals surface area (Å²) in [6.07, 6.45) is 0. The highest BCUT2D eigenvalue weighted by Crippen LogP contribution is 2.20. The largest absolute Gasteiger partial charge is 0.544 e. The fraction of sp³-hybridized carbons (Fsp3) is 0.364. The van der Waals surface area contributed by atoms with Gasteiger partial charge in [0, 0.05) is 5.56 Å². The van der Waals surface area contributed by atoms with Crippen molar-refractivity contribution in [1.82, 2.24) is 0 Å². The molecule has 0 unspecified atom stereocenters. The molecule has 14 heavy (non-hydrogen) atoms. The number of carbonyl (C=O) groups excluding carboxylic acids is 1. The van der Waals surface area contributed by atoms with Crippen molar-refractivity contribution < 1.29 is 15.6 Å². The number of hydrogen-bond donors (Lipinski definition) is 1. The van der Waals surface area contributed by atoms with Gasteiger partial charge >= 0.3 is 0 Å². The third-order valence-electron chi connectivity index (χ3n) is 2.37. The molecule has 0 saturated carbocycles. The lowest BCUT2D eigenvalue weighted by Gasteiger charge is -2.16. The number of rotatable bonds is 2. The molecular weight excluding hydrogens is 178 g/mol. The number of aliphatic carboxylic acids is 1. The number of benzene rings is 1. The van der Waals surface area contributed by atoms with Crippen molar-refractivity contribution in [3.05, 3.63) is 34.4 Å². The lowest BCUT2D eigenvalue weighted by atomic mass is 9.94. The minimum atomic E-state index is -1.12. The maximum absolute atomic E-state index is 10.7. The van der Waals surface area contributed by atoms with Crippen LogP contribution in [0, 0.1) is 20.8 Å². The van der Waals surface area contributed by atoms with Gasteiger partial charge in [0.25, 0.3) is 0 Å². The van der Waals surface area contributed by atoms with Gasteiger partial charge in [0.2, 0.25) is 0 Å². The molecule has 0 saturated heterocycles. The second-order valence-corrected chi connectivity index (χ2v) is 3.68. The zero-order chi connectivity index (χ0) is 10.9. The van der Waals surface area contributed by atoms with Crippen molar-refractivity contribution in [2.24, 2.45) is 0 Å². The van der Waals surface area contributed by atoms with Gasteiger partial charge in [-0.25, -0.2) is 0 Å².